The molecule has 3 aromatic carbocycles. The highest BCUT2D eigenvalue weighted by Crippen LogP contribution is 2.48. The van der Waals surface area contributed by atoms with Crippen molar-refractivity contribution < 1.29 is 13.2 Å². The van der Waals surface area contributed by atoms with Crippen LogP contribution in [0.15, 0.2) is 89.6 Å². The molecule has 34 heavy (non-hydrogen) atoms. The number of nitrogens with one attached hydrogen (secondary N) is 1. The summed E-state index contributed by atoms with van der Waals surface area (Å²) < 4.78 is 34.1. The lowest BCUT2D eigenvalue weighted by Crippen LogP contribution is -2.26. The number of methoxy groups -OCH3 is 1. The van der Waals surface area contributed by atoms with Crippen LogP contribution in [0.25, 0.3) is 16.5 Å². The van der Waals surface area contributed by atoms with Gasteiger partial charge in [-0.2, -0.15) is 0 Å². The largest absolute Gasteiger partial charge is 0.497 e. The molecule has 0 radical (unpaired) electrons. The molecule has 0 bridgehead atoms. The number of aromatic nitrogens is 1. The summed E-state index contributed by atoms with van der Waals surface area (Å²) in [7, 11) is -0.335. The number of hydrogen-bond acceptors (Lipinski definition) is 3. The molecule has 5 rings (SSSR count). The number of benzene rings is 3. The minimum Gasteiger partial charge on any atom is -0.497 e. The van der Waals surface area contributed by atoms with E-state index >= 15 is 0 Å². The number of aromatic amines is 1. The molecular formula is C28H28N2O3S. The summed E-state index contributed by atoms with van der Waals surface area (Å²) in [5, 5.41) is 1.10. The van der Waals surface area contributed by atoms with Gasteiger partial charge in [0, 0.05) is 35.8 Å². The molecule has 0 fully saturated rings. The van der Waals surface area contributed by atoms with Crippen LogP contribution >= 0.6 is 0 Å². The van der Waals surface area contributed by atoms with Crippen molar-refractivity contribution in [3.63, 3.8) is 0 Å². The number of nitrogens with zero attached hydrogens (tertiary/aromatic N) is 1. The number of ether oxygens (including phenoxy) is 1. The van der Waals surface area contributed by atoms with Crippen molar-refractivity contribution in [2.45, 2.75) is 30.6 Å². The Morgan fingerprint density at radius 1 is 1.00 bits per heavy atom. The van der Waals surface area contributed by atoms with E-state index < -0.39 is 10.0 Å². The summed E-state index contributed by atoms with van der Waals surface area (Å²) in [5.74, 6) is 0.866. The zero-order valence-corrected chi connectivity index (χ0v) is 20.4. The first kappa shape index (κ1) is 22.3. The Morgan fingerprint density at radius 3 is 2.44 bits per heavy atom. The van der Waals surface area contributed by atoms with Gasteiger partial charge in [0.05, 0.1) is 12.0 Å². The van der Waals surface area contributed by atoms with Gasteiger partial charge in [-0.15, -0.1) is 0 Å². The summed E-state index contributed by atoms with van der Waals surface area (Å²) >= 11 is 0. The lowest BCUT2D eigenvalue weighted by molar-refractivity contribution is 0.415. The van der Waals surface area contributed by atoms with Gasteiger partial charge in [-0.3, -0.25) is 4.31 Å². The second kappa shape index (κ2) is 8.69. The lowest BCUT2D eigenvalue weighted by atomic mass is 9.88. The minimum atomic E-state index is -3.68. The second-order valence-corrected chi connectivity index (χ2v) is 10.7. The maximum atomic E-state index is 13.6. The number of sulfonamides is 1. The average Bonchev–Trinajstić information content (AvgIpc) is 3.48. The first-order chi connectivity index (χ1) is 16.4. The molecule has 0 saturated carbocycles. The van der Waals surface area contributed by atoms with E-state index in [1.807, 2.05) is 49.4 Å². The smallest absolute Gasteiger partial charge is 0.263 e. The highest BCUT2D eigenvalue weighted by molar-refractivity contribution is 7.89. The summed E-state index contributed by atoms with van der Waals surface area (Å²) in [6.07, 6.45) is 3.56. The first-order valence-electron chi connectivity index (χ1n) is 11.4. The monoisotopic (exact) mass is 472 g/mol. The maximum absolute atomic E-state index is 13.6. The van der Waals surface area contributed by atoms with Gasteiger partial charge in [0.2, 0.25) is 0 Å². The van der Waals surface area contributed by atoms with Crippen LogP contribution in [0.2, 0.25) is 0 Å². The maximum Gasteiger partial charge on any atom is 0.263 e. The van der Waals surface area contributed by atoms with Gasteiger partial charge in [0.1, 0.15) is 5.75 Å². The van der Waals surface area contributed by atoms with Gasteiger partial charge in [0.25, 0.3) is 10.0 Å². The van der Waals surface area contributed by atoms with Gasteiger partial charge in [-0.1, -0.05) is 48.0 Å². The van der Waals surface area contributed by atoms with Crippen molar-refractivity contribution in [3.8, 4) is 5.75 Å². The van der Waals surface area contributed by atoms with Crippen LogP contribution in [0.1, 0.15) is 35.4 Å². The van der Waals surface area contributed by atoms with Crippen LogP contribution in [0, 0.1) is 6.92 Å². The summed E-state index contributed by atoms with van der Waals surface area (Å²) in [6, 6.07) is 23.2. The number of H-pyrrole nitrogens is 1. The SMILES string of the molecule is COc1ccc2[nH]cc([C@H]3CCC(N(C)S(=O)(=O)c4ccc(C)cc4)=C3c3ccccc3)c2c1. The molecule has 1 heterocycles. The molecule has 1 aliphatic rings. The van der Waals surface area contributed by atoms with Crippen LogP contribution in [-0.4, -0.2) is 31.9 Å². The molecule has 174 valence electrons. The van der Waals surface area contributed by atoms with E-state index in [4.69, 9.17) is 4.74 Å². The normalized spacial score (nSPS) is 16.3. The van der Waals surface area contributed by atoms with Crippen molar-refractivity contribution >= 4 is 26.5 Å². The first-order valence-corrected chi connectivity index (χ1v) is 12.8. The minimum absolute atomic E-state index is 0.0638. The van der Waals surface area contributed by atoms with Crippen molar-refractivity contribution in [2.75, 3.05) is 14.2 Å². The van der Waals surface area contributed by atoms with Crippen LogP contribution in [-0.2, 0) is 10.0 Å². The lowest BCUT2D eigenvalue weighted by Gasteiger charge is -2.24. The molecular weight excluding hydrogens is 444 g/mol. The predicted octanol–water partition coefficient (Wildman–Crippen LogP) is 6.09. The molecule has 0 saturated heterocycles. The molecule has 1 aromatic heterocycles. The van der Waals surface area contributed by atoms with Crippen LogP contribution < -0.4 is 4.74 Å². The van der Waals surface area contributed by atoms with Gasteiger partial charge in [-0.25, -0.2) is 8.42 Å². The summed E-state index contributed by atoms with van der Waals surface area (Å²) in [5.41, 5.74) is 6.17. The van der Waals surface area contributed by atoms with E-state index in [9.17, 15) is 8.42 Å². The number of hydrogen-bond donors (Lipinski definition) is 1. The van der Waals surface area contributed by atoms with E-state index in [1.165, 1.54) is 4.31 Å². The Bertz CT molecular complexity index is 1470. The molecule has 0 spiro atoms. The topological polar surface area (TPSA) is 62.4 Å². The highest BCUT2D eigenvalue weighted by atomic mass is 32.2. The standard InChI is InChI=1S/C28H28N2O3S/c1-19-9-12-22(13-10-19)34(31,32)30(2)27-16-14-23(28(27)20-7-5-4-6-8-20)25-18-29-26-15-11-21(33-3)17-24(25)26/h4-13,15,17-18,23,29H,14,16H2,1-3H3/t23-/m1/s1. The predicted molar refractivity (Wildman–Crippen MR) is 136 cm³/mol. The Hall–Kier alpha value is -3.51. The van der Waals surface area contributed by atoms with Gasteiger partial charge in [-0.05, 0) is 66.8 Å². The van der Waals surface area contributed by atoms with E-state index in [2.05, 4.69) is 29.4 Å². The molecule has 5 nitrogen and oxygen atoms in total. The van der Waals surface area contributed by atoms with Crippen molar-refractivity contribution in [1.82, 2.24) is 9.29 Å². The van der Waals surface area contributed by atoms with Crippen LogP contribution in [0.5, 0.6) is 5.75 Å². The molecule has 4 aromatic rings. The molecule has 1 aliphatic carbocycles. The number of aryl methyl sites for hydroxylation is 1. The Balaban J connectivity index is 1.66. The van der Waals surface area contributed by atoms with Gasteiger partial charge in [0.15, 0.2) is 0 Å². The third kappa shape index (κ3) is 3.78. The number of fused-ring (bicyclic) bond motifs is 1. The van der Waals surface area contributed by atoms with Crippen LogP contribution in [0.4, 0.5) is 0 Å². The Morgan fingerprint density at radius 2 is 1.74 bits per heavy atom. The fraction of sp³-hybridized carbons (Fsp3) is 0.214. The highest BCUT2D eigenvalue weighted by Gasteiger charge is 2.35. The average molecular weight is 473 g/mol. The summed E-state index contributed by atoms with van der Waals surface area (Å²) in [6.45, 7) is 1.95. The number of allylic oxidation sites excluding steroid dienone is 2. The molecule has 0 amide bonds. The number of rotatable bonds is 6. The van der Waals surface area contributed by atoms with E-state index in [0.717, 1.165) is 51.0 Å². The summed E-state index contributed by atoms with van der Waals surface area (Å²) in [4.78, 5) is 3.69. The fourth-order valence-electron chi connectivity index (χ4n) is 4.93. The molecule has 0 unspecified atom stereocenters. The van der Waals surface area contributed by atoms with Gasteiger partial charge >= 0.3 is 0 Å². The van der Waals surface area contributed by atoms with E-state index in [1.54, 1.807) is 26.3 Å². The Labute approximate surface area is 200 Å². The Kier molecular flexibility index (Phi) is 5.70. The van der Waals surface area contributed by atoms with Crippen LogP contribution in [0.3, 0.4) is 0 Å². The molecule has 1 atom stereocenters. The van der Waals surface area contributed by atoms with Crippen molar-refractivity contribution in [1.29, 1.82) is 0 Å². The third-order valence-electron chi connectivity index (χ3n) is 6.77. The zero-order valence-electron chi connectivity index (χ0n) is 19.6. The molecule has 6 heteroatoms. The third-order valence-corrected chi connectivity index (χ3v) is 8.58. The van der Waals surface area contributed by atoms with E-state index in [0.29, 0.717) is 11.3 Å². The van der Waals surface area contributed by atoms with E-state index in [-0.39, 0.29) is 5.92 Å². The van der Waals surface area contributed by atoms with Crippen molar-refractivity contribution in [3.05, 3.63) is 101 Å². The fourth-order valence-corrected chi connectivity index (χ4v) is 6.21. The van der Waals surface area contributed by atoms with Crippen molar-refractivity contribution in [2.24, 2.45) is 0 Å². The molecule has 0 aliphatic heterocycles. The second-order valence-electron chi connectivity index (χ2n) is 8.76. The zero-order chi connectivity index (χ0) is 23.9. The quantitative estimate of drug-likeness (QED) is 0.369. The van der Waals surface area contributed by atoms with Gasteiger partial charge < -0.3 is 9.72 Å². The molecule has 1 N–H and O–H groups in total.